The second-order valence-corrected chi connectivity index (χ2v) is 5.51. The summed E-state index contributed by atoms with van der Waals surface area (Å²) in [5.74, 6) is 0.743. The molecule has 1 rings (SSSR count). The number of hydrogen-bond donors (Lipinski definition) is 1. The molecule has 1 fully saturated rings. The van der Waals surface area contributed by atoms with Crippen LogP contribution in [0.4, 0.5) is 0 Å². The lowest BCUT2D eigenvalue weighted by Crippen LogP contribution is -2.50. The number of likely N-dealkylation sites (N-methyl/N-ethyl adjacent to an activating group) is 1. The molecule has 0 aromatic carbocycles. The van der Waals surface area contributed by atoms with Gasteiger partial charge in [-0.05, 0) is 32.7 Å². The SMILES string of the molecule is CCC(C)C(CN1CCC(OC)CC1C)NC. The Morgan fingerprint density at radius 2 is 2.18 bits per heavy atom. The molecule has 1 aliphatic rings. The minimum absolute atomic E-state index is 0.470. The van der Waals surface area contributed by atoms with Crippen LogP contribution in [0.25, 0.3) is 0 Å². The fourth-order valence-corrected chi connectivity index (χ4v) is 2.76. The summed E-state index contributed by atoms with van der Waals surface area (Å²) in [4.78, 5) is 2.61. The molecule has 3 nitrogen and oxygen atoms in total. The lowest BCUT2D eigenvalue weighted by molar-refractivity contribution is 0.0108. The molecule has 4 unspecified atom stereocenters. The number of nitrogens with one attached hydrogen (secondary N) is 1. The number of methoxy groups -OCH3 is 1. The quantitative estimate of drug-likeness (QED) is 0.772. The summed E-state index contributed by atoms with van der Waals surface area (Å²) >= 11 is 0. The Hall–Kier alpha value is -0.120. The lowest BCUT2D eigenvalue weighted by atomic mass is 9.95. The third-order valence-corrected chi connectivity index (χ3v) is 4.43. The van der Waals surface area contributed by atoms with Crippen molar-refractivity contribution >= 4 is 0 Å². The smallest absolute Gasteiger partial charge is 0.0598 e. The van der Waals surface area contributed by atoms with Gasteiger partial charge in [0.1, 0.15) is 0 Å². The van der Waals surface area contributed by atoms with E-state index in [9.17, 15) is 0 Å². The van der Waals surface area contributed by atoms with E-state index in [2.05, 4.69) is 38.0 Å². The highest BCUT2D eigenvalue weighted by atomic mass is 16.5. The van der Waals surface area contributed by atoms with E-state index in [4.69, 9.17) is 4.74 Å². The summed E-state index contributed by atoms with van der Waals surface area (Å²) in [5.41, 5.74) is 0. The zero-order valence-corrected chi connectivity index (χ0v) is 12.2. The van der Waals surface area contributed by atoms with Crippen LogP contribution in [0.5, 0.6) is 0 Å². The van der Waals surface area contributed by atoms with Gasteiger partial charge in [0, 0.05) is 32.3 Å². The normalized spacial score (nSPS) is 30.2. The number of piperidine rings is 1. The largest absolute Gasteiger partial charge is 0.381 e. The van der Waals surface area contributed by atoms with Gasteiger partial charge in [-0.15, -0.1) is 0 Å². The van der Waals surface area contributed by atoms with Crippen LogP contribution in [0.3, 0.4) is 0 Å². The van der Waals surface area contributed by atoms with E-state index in [1.807, 2.05) is 7.11 Å². The highest BCUT2D eigenvalue weighted by Gasteiger charge is 2.27. The second kappa shape index (κ2) is 7.34. The number of nitrogens with zero attached hydrogens (tertiary/aromatic N) is 1. The molecule has 0 aromatic heterocycles. The molecule has 102 valence electrons. The molecule has 0 aliphatic carbocycles. The van der Waals surface area contributed by atoms with Crippen LogP contribution in [0.15, 0.2) is 0 Å². The second-order valence-electron chi connectivity index (χ2n) is 5.51. The molecule has 0 saturated carbocycles. The number of rotatable bonds is 6. The van der Waals surface area contributed by atoms with Gasteiger partial charge in [-0.25, -0.2) is 0 Å². The Morgan fingerprint density at radius 3 is 2.65 bits per heavy atom. The van der Waals surface area contributed by atoms with Crippen LogP contribution in [0.2, 0.25) is 0 Å². The Morgan fingerprint density at radius 1 is 1.47 bits per heavy atom. The van der Waals surface area contributed by atoms with E-state index < -0.39 is 0 Å². The van der Waals surface area contributed by atoms with Crippen molar-refractivity contribution in [2.75, 3.05) is 27.2 Å². The molecule has 1 N–H and O–H groups in total. The van der Waals surface area contributed by atoms with Gasteiger partial charge in [0.05, 0.1) is 6.10 Å². The first-order chi connectivity index (χ1) is 8.12. The van der Waals surface area contributed by atoms with Gasteiger partial charge < -0.3 is 10.1 Å². The van der Waals surface area contributed by atoms with E-state index in [1.165, 1.54) is 32.4 Å². The zero-order valence-electron chi connectivity index (χ0n) is 12.2. The average molecular weight is 242 g/mol. The topological polar surface area (TPSA) is 24.5 Å². The van der Waals surface area contributed by atoms with E-state index >= 15 is 0 Å². The molecule has 17 heavy (non-hydrogen) atoms. The van der Waals surface area contributed by atoms with Gasteiger partial charge in [0.2, 0.25) is 0 Å². The van der Waals surface area contributed by atoms with Gasteiger partial charge >= 0.3 is 0 Å². The van der Waals surface area contributed by atoms with E-state index in [1.54, 1.807) is 0 Å². The summed E-state index contributed by atoms with van der Waals surface area (Å²) in [6.07, 6.45) is 4.07. The minimum atomic E-state index is 0.470. The molecular weight excluding hydrogens is 212 g/mol. The van der Waals surface area contributed by atoms with Crippen LogP contribution in [-0.4, -0.2) is 50.3 Å². The van der Waals surface area contributed by atoms with Crippen molar-refractivity contribution in [3.63, 3.8) is 0 Å². The predicted molar refractivity (Wildman–Crippen MR) is 73.4 cm³/mol. The standard InChI is InChI=1S/C14H30N2O/c1-6-11(2)14(15-4)10-16-8-7-13(17-5)9-12(16)3/h11-15H,6-10H2,1-5H3. The maximum atomic E-state index is 5.47. The fraction of sp³-hybridized carbons (Fsp3) is 1.00. The van der Waals surface area contributed by atoms with Crippen molar-refractivity contribution in [2.24, 2.45) is 5.92 Å². The first kappa shape index (κ1) is 14.9. The van der Waals surface area contributed by atoms with E-state index in [0.717, 1.165) is 5.92 Å². The Kier molecular flexibility index (Phi) is 6.45. The maximum absolute atomic E-state index is 5.47. The van der Waals surface area contributed by atoms with Crippen molar-refractivity contribution in [1.29, 1.82) is 0 Å². The Balaban J connectivity index is 2.45. The van der Waals surface area contributed by atoms with Crippen LogP contribution in [0.1, 0.15) is 40.0 Å². The fourth-order valence-electron chi connectivity index (χ4n) is 2.76. The van der Waals surface area contributed by atoms with Gasteiger partial charge in [-0.3, -0.25) is 4.90 Å². The Bertz CT molecular complexity index is 210. The lowest BCUT2D eigenvalue weighted by Gasteiger charge is -2.40. The van der Waals surface area contributed by atoms with Crippen LogP contribution in [-0.2, 0) is 4.74 Å². The molecule has 0 bridgehead atoms. The van der Waals surface area contributed by atoms with Gasteiger partial charge in [0.25, 0.3) is 0 Å². The van der Waals surface area contributed by atoms with Gasteiger partial charge in [-0.2, -0.15) is 0 Å². The molecule has 1 heterocycles. The van der Waals surface area contributed by atoms with E-state index in [-0.39, 0.29) is 0 Å². The van der Waals surface area contributed by atoms with E-state index in [0.29, 0.717) is 18.2 Å². The van der Waals surface area contributed by atoms with Crippen molar-refractivity contribution in [3.05, 3.63) is 0 Å². The summed E-state index contributed by atoms with van der Waals surface area (Å²) in [7, 11) is 3.92. The number of likely N-dealkylation sites (tertiary alicyclic amines) is 1. The zero-order chi connectivity index (χ0) is 12.8. The number of hydrogen-bond acceptors (Lipinski definition) is 3. The highest BCUT2D eigenvalue weighted by molar-refractivity contribution is 4.83. The molecule has 0 radical (unpaired) electrons. The number of ether oxygens (including phenoxy) is 1. The molecule has 3 heteroatoms. The molecule has 4 atom stereocenters. The molecule has 0 spiro atoms. The summed E-state index contributed by atoms with van der Waals surface area (Å²) in [6.45, 7) is 9.29. The van der Waals surface area contributed by atoms with Crippen LogP contribution < -0.4 is 5.32 Å². The summed E-state index contributed by atoms with van der Waals surface area (Å²) in [6, 6.07) is 1.26. The summed E-state index contributed by atoms with van der Waals surface area (Å²) in [5, 5.41) is 3.47. The van der Waals surface area contributed by atoms with Crippen molar-refractivity contribution in [1.82, 2.24) is 10.2 Å². The highest BCUT2D eigenvalue weighted by Crippen LogP contribution is 2.21. The van der Waals surface area contributed by atoms with Gasteiger partial charge in [-0.1, -0.05) is 20.3 Å². The third-order valence-electron chi connectivity index (χ3n) is 4.43. The molecule has 1 saturated heterocycles. The third kappa shape index (κ3) is 4.23. The van der Waals surface area contributed by atoms with Crippen LogP contribution >= 0.6 is 0 Å². The average Bonchev–Trinajstić information content (AvgIpc) is 2.36. The van der Waals surface area contributed by atoms with Crippen molar-refractivity contribution in [3.8, 4) is 0 Å². The minimum Gasteiger partial charge on any atom is -0.381 e. The van der Waals surface area contributed by atoms with Gasteiger partial charge in [0.15, 0.2) is 0 Å². The van der Waals surface area contributed by atoms with Crippen molar-refractivity contribution in [2.45, 2.75) is 58.2 Å². The molecule has 1 aliphatic heterocycles. The first-order valence-electron chi connectivity index (χ1n) is 7.06. The molecule has 0 aromatic rings. The molecule has 0 amide bonds. The Labute approximate surface area is 107 Å². The molecular formula is C14H30N2O. The van der Waals surface area contributed by atoms with Crippen LogP contribution in [0, 0.1) is 5.92 Å². The summed E-state index contributed by atoms with van der Waals surface area (Å²) < 4.78 is 5.47. The first-order valence-corrected chi connectivity index (χ1v) is 7.06. The monoisotopic (exact) mass is 242 g/mol. The maximum Gasteiger partial charge on any atom is 0.0598 e. The predicted octanol–water partition coefficient (Wildman–Crippen LogP) is 2.12. The van der Waals surface area contributed by atoms with Crippen molar-refractivity contribution < 1.29 is 4.74 Å².